The summed E-state index contributed by atoms with van der Waals surface area (Å²) in [5.41, 5.74) is 4.12. The highest BCUT2D eigenvalue weighted by molar-refractivity contribution is 5.46. The number of nitrogens with zero attached hydrogens (tertiary/aromatic N) is 6. The van der Waals surface area contributed by atoms with Crippen molar-refractivity contribution in [3.63, 3.8) is 0 Å². The number of aryl methyl sites for hydroxylation is 2. The molecule has 0 bridgehead atoms. The molecule has 1 fully saturated rings. The van der Waals surface area contributed by atoms with Crippen LogP contribution in [0.5, 0.6) is 0 Å². The summed E-state index contributed by atoms with van der Waals surface area (Å²) >= 11 is 0. The third kappa shape index (κ3) is 4.67. The van der Waals surface area contributed by atoms with Crippen LogP contribution in [-0.4, -0.2) is 42.9 Å². The number of nitrogens with one attached hydrogen (secondary N) is 1. The monoisotopic (exact) mass is 375 g/mol. The van der Waals surface area contributed by atoms with E-state index in [4.69, 9.17) is 4.98 Å². The van der Waals surface area contributed by atoms with Crippen LogP contribution in [0.4, 0.5) is 11.8 Å². The Labute approximate surface area is 165 Å². The maximum atomic E-state index is 4.80. The van der Waals surface area contributed by atoms with Crippen LogP contribution >= 0.6 is 0 Å². The molecule has 28 heavy (non-hydrogen) atoms. The van der Waals surface area contributed by atoms with Crippen molar-refractivity contribution < 1.29 is 0 Å². The van der Waals surface area contributed by atoms with Gasteiger partial charge < -0.3 is 5.32 Å². The smallest absolute Gasteiger partial charge is 0.228 e. The zero-order chi connectivity index (χ0) is 19.3. The van der Waals surface area contributed by atoms with Gasteiger partial charge >= 0.3 is 0 Å². The molecule has 7 nitrogen and oxygen atoms in total. The summed E-state index contributed by atoms with van der Waals surface area (Å²) in [4.78, 5) is 24.7. The van der Waals surface area contributed by atoms with E-state index in [1.54, 1.807) is 6.20 Å². The minimum atomic E-state index is 0.375. The minimum absolute atomic E-state index is 0.375. The Hall–Kier alpha value is -2.93. The van der Waals surface area contributed by atoms with Crippen LogP contribution in [0.2, 0.25) is 0 Å². The van der Waals surface area contributed by atoms with Crippen LogP contribution in [0.15, 0.2) is 43.0 Å². The summed E-state index contributed by atoms with van der Waals surface area (Å²) in [5.74, 6) is 1.62. The van der Waals surface area contributed by atoms with E-state index < -0.39 is 0 Å². The Kier molecular flexibility index (Phi) is 5.53. The molecule has 1 aliphatic rings. The molecule has 144 valence electrons. The van der Waals surface area contributed by atoms with Crippen molar-refractivity contribution in [1.82, 2.24) is 29.8 Å². The van der Waals surface area contributed by atoms with E-state index in [0.717, 1.165) is 49.6 Å². The number of piperidine rings is 1. The summed E-state index contributed by atoms with van der Waals surface area (Å²) in [6.07, 6.45) is 9.65. The van der Waals surface area contributed by atoms with Crippen molar-refractivity contribution in [2.75, 3.05) is 18.4 Å². The molecule has 4 heterocycles. The van der Waals surface area contributed by atoms with Crippen molar-refractivity contribution in [2.24, 2.45) is 0 Å². The Morgan fingerprint density at radius 1 is 1.07 bits per heavy atom. The number of aromatic nitrogens is 5. The third-order valence-corrected chi connectivity index (χ3v) is 4.93. The van der Waals surface area contributed by atoms with Crippen LogP contribution in [0.25, 0.3) is 0 Å². The molecule has 0 aromatic carbocycles. The molecule has 4 rings (SSSR count). The lowest BCUT2D eigenvalue weighted by atomic mass is 9.94. The molecule has 0 spiro atoms. The molecule has 0 aliphatic carbocycles. The van der Waals surface area contributed by atoms with Crippen LogP contribution in [-0.2, 0) is 6.54 Å². The van der Waals surface area contributed by atoms with Gasteiger partial charge in [-0.2, -0.15) is 0 Å². The van der Waals surface area contributed by atoms with Gasteiger partial charge in [0.1, 0.15) is 0 Å². The molecule has 1 atom stereocenters. The predicted octanol–water partition coefficient (Wildman–Crippen LogP) is 3.40. The highest BCUT2D eigenvalue weighted by Crippen LogP contribution is 2.27. The van der Waals surface area contributed by atoms with Gasteiger partial charge in [0, 0.05) is 49.0 Å². The van der Waals surface area contributed by atoms with Crippen molar-refractivity contribution in [2.45, 2.75) is 39.2 Å². The Morgan fingerprint density at radius 2 is 1.93 bits per heavy atom. The van der Waals surface area contributed by atoms with Crippen molar-refractivity contribution in [3.8, 4) is 0 Å². The highest BCUT2D eigenvalue weighted by atomic mass is 15.2. The fourth-order valence-electron chi connectivity index (χ4n) is 3.72. The first-order valence-electron chi connectivity index (χ1n) is 9.68. The van der Waals surface area contributed by atoms with E-state index in [-0.39, 0.29) is 0 Å². The average Bonchev–Trinajstić information content (AvgIpc) is 2.68. The van der Waals surface area contributed by atoms with Gasteiger partial charge in [-0.15, -0.1) is 0 Å². The lowest BCUT2D eigenvalue weighted by molar-refractivity contribution is 0.198. The van der Waals surface area contributed by atoms with E-state index in [2.05, 4.69) is 36.2 Å². The second-order valence-electron chi connectivity index (χ2n) is 7.36. The van der Waals surface area contributed by atoms with Gasteiger partial charge in [0.05, 0.1) is 11.9 Å². The van der Waals surface area contributed by atoms with Crippen LogP contribution < -0.4 is 5.32 Å². The van der Waals surface area contributed by atoms with Gasteiger partial charge in [0.15, 0.2) is 5.82 Å². The van der Waals surface area contributed by atoms with Gasteiger partial charge in [-0.1, -0.05) is 6.07 Å². The number of pyridine rings is 1. The molecule has 0 radical (unpaired) electrons. The normalized spacial score (nSPS) is 17.4. The summed E-state index contributed by atoms with van der Waals surface area (Å²) < 4.78 is 0. The SMILES string of the molecule is Cc1cc(C)nc(Nc2cncc([C@H]3CCCN(Cc4cccnc4)C3)n2)n1. The fraction of sp³-hybridized carbons (Fsp3) is 0.381. The maximum Gasteiger partial charge on any atom is 0.228 e. The van der Waals surface area contributed by atoms with Crippen molar-refractivity contribution in [1.29, 1.82) is 0 Å². The van der Waals surface area contributed by atoms with Crippen molar-refractivity contribution >= 4 is 11.8 Å². The van der Waals surface area contributed by atoms with E-state index >= 15 is 0 Å². The third-order valence-electron chi connectivity index (χ3n) is 4.93. The number of rotatable bonds is 5. The molecule has 3 aromatic heterocycles. The van der Waals surface area contributed by atoms with Crippen LogP contribution in [0.1, 0.15) is 41.4 Å². The zero-order valence-corrected chi connectivity index (χ0v) is 16.3. The zero-order valence-electron chi connectivity index (χ0n) is 16.3. The molecule has 7 heteroatoms. The standard InChI is InChI=1S/C21H25N7/c1-15-9-16(2)25-21(24-15)27-20-12-23-11-19(26-20)18-6-4-8-28(14-18)13-17-5-3-7-22-10-17/h3,5,7,9-12,18H,4,6,8,13-14H2,1-2H3,(H,24,25,26,27)/t18-/m0/s1. The molecule has 1 saturated heterocycles. The minimum Gasteiger partial charge on any atom is -0.307 e. The van der Waals surface area contributed by atoms with Crippen LogP contribution in [0.3, 0.4) is 0 Å². The average molecular weight is 375 g/mol. The largest absolute Gasteiger partial charge is 0.307 e. The first kappa shape index (κ1) is 18.4. The Bertz CT molecular complexity index is 909. The molecule has 1 N–H and O–H groups in total. The van der Waals surface area contributed by atoms with Gasteiger partial charge in [-0.25, -0.2) is 15.0 Å². The molecule has 0 saturated carbocycles. The van der Waals surface area contributed by atoms with E-state index in [9.17, 15) is 0 Å². The lowest BCUT2D eigenvalue weighted by Crippen LogP contribution is -2.34. The van der Waals surface area contributed by atoms with Crippen LogP contribution in [0, 0.1) is 13.8 Å². The first-order chi connectivity index (χ1) is 13.7. The quantitative estimate of drug-likeness (QED) is 0.732. The fourth-order valence-corrected chi connectivity index (χ4v) is 3.72. The van der Waals surface area contributed by atoms with E-state index in [1.165, 1.54) is 5.56 Å². The second kappa shape index (κ2) is 8.39. The van der Waals surface area contributed by atoms with E-state index in [0.29, 0.717) is 17.7 Å². The summed E-state index contributed by atoms with van der Waals surface area (Å²) in [6.45, 7) is 6.92. The summed E-state index contributed by atoms with van der Waals surface area (Å²) in [6, 6.07) is 6.07. The molecule has 0 unspecified atom stereocenters. The number of anilines is 2. The lowest BCUT2D eigenvalue weighted by Gasteiger charge is -2.32. The number of hydrogen-bond acceptors (Lipinski definition) is 7. The number of likely N-dealkylation sites (tertiary alicyclic amines) is 1. The maximum absolute atomic E-state index is 4.80. The molecule has 3 aromatic rings. The molecule has 0 amide bonds. The molecular formula is C21H25N7. The summed E-state index contributed by atoms with van der Waals surface area (Å²) in [5, 5.41) is 3.20. The predicted molar refractivity (Wildman–Crippen MR) is 108 cm³/mol. The van der Waals surface area contributed by atoms with E-state index in [1.807, 2.05) is 44.6 Å². The Morgan fingerprint density at radius 3 is 2.71 bits per heavy atom. The highest BCUT2D eigenvalue weighted by Gasteiger charge is 2.23. The van der Waals surface area contributed by atoms with Gasteiger partial charge in [-0.3, -0.25) is 14.9 Å². The topological polar surface area (TPSA) is 79.7 Å². The molecule has 1 aliphatic heterocycles. The van der Waals surface area contributed by atoms with Gasteiger partial charge in [0.2, 0.25) is 5.95 Å². The first-order valence-corrected chi connectivity index (χ1v) is 9.68. The number of hydrogen-bond donors (Lipinski definition) is 1. The molecular weight excluding hydrogens is 350 g/mol. The summed E-state index contributed by atoms with van der Waals surface area (Å²) in [7, 11) is 0. The second-order valence-corrected chi connectivity index (χ2v) is 7.36. The van der Waals surface area contributed by atoms with Gasteiger partial charge in [-0.05, 0) is 50.9 Å². The van der Waals surface area contributed by atoms with Gasteiger partial charge in [0.25, 0.3) is 0 Å². The van der Waals surface area contributed by atoms with Crippen molar-refractivity contribution in [3.05, 3.63) is 65.6 Å². The Balaban J connectivity index is 1.46.